The highest BCUT2D eigenvalue weighted by Crippen LogP contribution is 2.21. The van der Waals surface area contributed by atoms with Gasteiger partial charge in [-0.25, -0.2) is 4.98 Å². The molecule has 7 heteroatoms. The molecule has 1 amide bonds. The fourth-order valence-corrected chi connectivity index (χ4v) is 3.44. The van der Waals surface area contributed by atoms with Gasteiger partial charge in [0.15, 0.2) is 0 Å². The van der Waals surface area contributed by atoms with E-state index in [-0.39, 0.29) is 36.8 Å². The minimum absolute atomic E-state index is 0. The number of piperidine rings is 1. The third-order valence-corrected chi connectivity index (χ3v) is 4.77. The minimum Gasteiger partial charge on any atom is -0.347 e. The molecule has 0 bridgehead atoms. The van der Waals surface area contributed by atoms with Gasteiger partial charge < -0.3 is 10.6 Å². The Morgan fingerprint density at radius 1 is 1.45 bits per heavy atom. The number of rotatable bonds is 4. The van der Waals surface area contributed by atoms with Crippen LogP contribution in [0.5, 0.6) is 0 Å². The first-order valence-corrected chi connectivity index (χ1v) is 8.27. The Kier molecular flexibility index (Phi) is 9.55. The molecule has 2 unspecified atom stereocenters. The van der Waals surface area contributed by atoms with Crippen LogP contribution in [0.1, 0.15) is 47.6 Å². The maximum Gasteiger partial charge on any atom is 0.263 e. The molecule has 0 spiro atoms. The number of nitrogens with zero attached hydrogens (tertiary/aromatic N) is 1. The van der Waals surface area contributed by atoms with Gasteiger partial charge in [0.05, 0.1) is 10.7 Å². The van der Waals surface area contributed by atoms with Crippen LogP contribution in [-0.4, -0.2) is 30.0 Å². The van der Waals surface area contributed by atoms with E-state index < -0.39 is 0 Å². The van der Waals surface area contributed by atoms with Crippen LogP contribution in [0.15, 0.2) is 0 Å². The number of nitrogens with one attached hydrogen (secondary N) is 2. The lowest BCUT2D eigenvalue weighted by molar-refractivity contribution is 0.0918. The van der Waals surface area contributed by atoms with E-state index in [1.807, 2.05) is 6.92 Å². The van der Waals surface area contributed by atoms with Gasteiger partial charge in [-0.3, -0.25) is 4.79 Å². The first-order chi connectivity index (χ1) is 9.47. The average molecular weight is 368 g/mol. The van der Waals surface area contributed by atoms with Crippen molar-refractivity contribution in [3.8, 4) is 0 Å². The van der Waals surface area contributed by atoms with Gasteiger partial charge in [-0.05, 0) is 38.1 Å². The van der Waals surface area contributed by atoms with Crippen molar-refractivity contribution in [3.63, 3.8) is 0 Å². The molecule has 1 aliphatic heterocycles. The summed E-state index contributed by atoms with van der Waals surface area (Å²) in [5.74, 6) is 1.09. The molecule has 2 heterocycles. The SMILES string of the molecule is Cc1nc(CC(C)C)c(C(=O)NC2CNCCC2C)s1.Cl.Cl. The standard InChI is InChI=1S/C15H25N3OS.2ClH/c1-9(2)7-12-14(20-11(4)17-12)15(19)18-13-8-16-6-5-10(13)3;;/h9-10,13,16H,5-8H2,1-4H3,(H,18,19);2*1H. The second-order valence-electron chi connectivity index (χ2n) is 6.16. The summed E-state index contributed by atoms with van der Waals surface area (Å²) in [6, 6.07) is 0.227. The van der Waals surface area contributed by atoms with Crippen molar-refractivity contribution in [3.05, 3.63) is 15.6 Å². The van der Waals surface area contributed by atoms with Crippen LogP contribution >= 0.6 is 36.2 Å². The van der Waals surface area contributed by atoms with Gasteiger partial charge in [-0.15, -0.1) is 36.2 Å². The van der Waals surface area contributed by atoms with Crippen molar-refractivity contribution >= 4 is 42.1 Å². The Morgan fingerprint density at radius 3 is 2.73 bits per heavy atom. The molecule has 0 aromatic carbocycles. The fraction of sp³-hybridized carbons (Fsp3) is 0.733. The summed E-state index contributed by atoms with van der Waals surface area (Å²) in [6.07, 6.45) is 1.98. The van der Waals surface area contributed by atoms with Crippen LogP contribution in [0.4, 0.5) is 0 Å². The van der Waals surface area contributed by atoms with Crippen molar-refractivity contribution < 1.29 is 4.79 Å². The van der Waals surface area contributed by atoms with Crippen LogP contribution in [0.25, 0.3) is 0 Å². The number of aromatic nitrogens is 1. The smallest absolute Gasteiger partial charge is 0.263 e. The second-order valence-corrected chi connectivity index (χ2v) is 7.36. The van der Waals surface area contributed by atoms with E-state index in [1.165, 1.54) is 11.3 Å². The number of halogens is 2. The van der Waals surface area contributed by atoms with E-state index >= 15 is 0 Å². The van der Waals surface area contributed by atoms with Crippen molar-refractivity contribution in [2.24, 2.45) is 11.8 Å². The minimum atomic E-state index is 0. The van der Waals surface area contributed by atoms with Crippen LogP contribution < -0.4 is 10.6 Å². The van der Waals surface area contributed by atoms with Gasteiger partial charge in [-0.1, -0.05) is 20.8 Å². The number of hydrogen-bond acceptors (Lipinski definition) is 4. The molecule has 0 aliphatic carbocycles. The van der Waals surface area contributed by atoms with Crippen LogP contribution in [0, 0.1) is 18.8 Å². The molecule has 1 fully saturated rings. The lowest BCUT2D eigenvalue weighted by atomic mass is 9.94. The number of carbonyl (C=O) groups is 1. The van der Waals surface area contributed by atoms with E-state index in [0.29, 0.717) is 11.8 Å². The summed E-state index contributed by atoms with van der Waals surface area (Å²) in [7, 11) is 0. The first-order valence-electron chi connectivity index (χ1n) is 7.45. The molecule has 1 aromatic rings. The van der Waals surface area contributed by atoms with E-state index in [0.717, 1.165) is 41.5 Å². The molecule has 1 saturated heterocycles. The number of carbonyl (C=O) groups excluding carboxylic acids is 1. The summed E-state index contributed by atoms with van der Waals surface area (Å²) in [5, 5.41) is 7.50. The second kappa shape index (κ2) is 9.71. The third kappa shape index (κ3) is 5.69. The van der Waals surface area contributed by atoms with E-state index in [2.05, 4.69) is 36.4 Å². The highest BCUT2D eigenvalue weighted by Gasteiger charge is 2.25. The Labute approximate surface area is 149 Å². The summed E-state index contributed by atoms with van der Waals surface area (Å²) in [4.78, 5) is 17.8. The molecule has 1 aliphatic rings. The molecular weight excluding hydrogens is 341 g/mol. The highest BCUT2D eigenvalue weighted by molar-refractivity contribution is 7.13. The summed E-state index contributed by atoms with van der Waals surface area (Å²) >= 11 is 1.51. The quantitative estimate of drug-likeness (QED) is 0.858. The molecule has 1 aromatic heterocycles. The lowest BCUT2D eigenvalue weighted by Crippen LogP contribution is -2.50. The third-order valence-electron chi connectivity index (χ3n) is 3.76. The van der Waals surface area contributed by atoms with Crippen molar-refractivity contribution in [1.29, 1.82) is 0 Å². The average Bonchev–Trinajstić information content (AvgIpc) is 2.72. The van der Waals surface area contributed by atoms with Crippen LogP contribution in [0.2, 0.25) is 0 Å². The van der Waals surface area contributed by atoms with Gasteiger partial charge in [0.25, 0.3) is 5.91 Å². The molecule has 0 radical (unpaired) electrons. The topological polar surface area (TPSA) is 54.0 Å². The van der Waals surface area contributed by atoms with Gasteiger partial charge in [0.2, 0.25) is 0 Å². The van der Waals surface area contributed by atoms with Gasteiger partial charge >= 0.3 is 0 Å². The zero-order chi connectivity index (χ0) is 14.7. The van der Waals surface area contributed by atoms with Gasteiger partial charge in [0, 0.05) is 12.6 Å². The van der Waals surface area contributed by atoms with Crippen molar-refractivity contribution in [1.82, 2.24) is 15.6 Å². The van der Waals surface area contributed by atoms with Crippen molar-refractivity contribution in [2.45, 2.75) is 46.6 Å². The van der Waals surface area contributed by atoms with Gasteiger partial charge in [0.1, 0.15) is 4.88 Å². The van der Waals surface area contributed by atoms with E-state index in [1.54, 1.807) is 0 Å². The maximum atomic E-state index is 12.5. The normalized spacial score (nSPS) is 21.0. The maximum absolute atomic E-state index is 12.5. The number of thiazole rings is 1. The van der Waals surface area contributed by atoms with Crippen molar-refractivity contribution in [2.75, 3.05) is 13.1 Å². The Hall–Kier alpha value is -0.360. The summed E-state index contributed by atoms with van der Waals surface area (Å²) in [5.41, 5.74) is 0.955. The fourth-order valence-electron chi connectivity index (χ4n) is 2.59. The van der Waals surface area contributed by atoms with Crippen LogP contribution in [0.3, 0.4) is 0 Å². The monoisotopic (exact) mass is 367 g/mol. The Balaban J connectivity index is 0.00000220. The van der Waals surface area contributed by atoms with Gasteiger partial charge in [-0.2, -0.15) is 0 Å². The molecule has 22 heavy (non-hydrogen) atoms. The zero-order valence-electron chi connectivity index (χ0n) is 13.6. The number of amides is 1. The molecule has 4 nitrogen and oxygen atoms in total. The lowest BCUT2D eigenvalue weighted by Gasteiger charge is -2.30. The number of aryl methyl sites for hydroxylation is 1. The predicted molar refractivity (Wildman–Crippen MR) is 97.8 cm³/mol. The first kappa shape index (κ1) is 21.6. The predicted octanol–water partition coefficient (Wildman–Crippen LogP) is 3.22. The van der Waals surface area contributed by atoms with E-state index in [4.69, 9.17) is 0 Å². The zero-order valence-corrected chi connectivity index (χ0v) is 16.1. The largest absolute Gasteiger partial charge is 0.347 e. The molecule has 128 valence electrons. The molecule has 0 saturated carbocycles. The number of hydrogen-bond donors (Lipinski definition) is 2. The highest BCUT2D eigenvalue weighted by atomic mass is 35.5. The molecular formula is C15H27Cl2N3OS. The molecule has 2 N–H and O–H groups in total. The Bertz CT molecular complexity index is 479. The molecule has 2 rings (SSSR count). The van der Waals surface area contributed by atoms with E-state index in [9.17, 15) is 4.79 Å². The van der Waals surface area contributed by atoms with Crippen LogP contribution in [-0.2, 0) is 6.42 Å². The molecule has 2 atom stereocenters. The summed E-state index contributed by atoms with van der Waals surface area (Å²) in [6.45, 7) is 10.4. The summed E-state index contributed by atoms with van der Waals surface area (Å²) < 4.78 is 0. The Morgan fingerprint density at radius 2 is 2.14 bits per heavy atom.